The summed E-state index contributed by atoms with van der Waals surface area (Å²) in [5.41, 5.74) is 3.09. The quantitative estimate of drug-likeness (QED) is 0.631. The van der Waals surface area contributed by atoms with Gasteiger partial charge in [-0.3, -0.25) is 5.01 Å². The summed E-state index contributed by atoms with van der Waals surface area (Å²) in [6.07, 6.45) is 1.67. The predicted molar refractivity (Wildman–Crippen MR) is 39.2 cm³/mol. The lowest BCUT2D eigenvalue weighted by molar-refractivity contribution is 0.271. The molecule has 0 saturated carbocycles. The van der Waals surface area contributed by atoms with Crippen LogP contribution in [0.2, 0.25) is 0 Å². The SMILES string of the molecule is CN(C)NCc1ccco1. The molecular formula is C7H12N2O. The summed E-state index contributed by atoms with van der Waals surface area (Å²) >= 11 is 0. The highest BCUT2D eigenvalue weighted by molar-refractivity contribution is 4.96. The van der Waals surface area contributed by atoms with Crippen LogP contribution in [0, 0.1) is 0 Å². The van der Waals surface area contributed by atoms with Gasteiger partial charge >= 0.3 is 0 Å². The normalized spacial score (nSPS) is 10.7. The number of hydrogen-bond donors (Lipinski definition) is 1. The summed E-state index contributed by atoms with van der Waals surface area (Å²) in [6.45, 7) is 0.750. The zero-order valence-electron chi connectivity index (χ0n) is 6.29. The topological polar surface area (TPSA) is 28.4 Å². The summed E-state index contributed by atoms with van der Waals surface area (Å²) in [4.78, 5) is 0. The zero-order chi connectivity index (χ0) is 7.40. The Morgan fingerprint density at radius 1 is 1.60 bits per heavy atom. The number of nitrogens with zero attached hydrogens (tertiary/aromatic N) is 1. The third kappa shape index (κ3) is 2.21. The van der Waals surface area contributed by atoms with Crippen molar-refractivity contribution in [2.45, 2.75) is 6.54 Å². The van der Waals surface area contributed by atoms with Crippen LogP contribution in [0.15, 0.2) is 22.8 Å². The van der Waals surface area contributed by atoms with Gasteiger partial charge in [0, 0.05) is 14.1 Å². The molecule has 1 aromatic heterocycles. The molecule has 0 unspecified atom stereocenters. The molecular weight excluding hydrogens is 128 g/mol. The highest BCUT2D eigenvalue weighted by Gasteiger charge is 1.93. The summed E-state index contributed by atoms with van der Waals surface area (Å²) in [5, 5.41) is 1.89. The fraction of sp³-hybridized carbons (Fsp3) is 0.429. The van der Waals surface area contributed by atoms with Gasteiger partial charge in [-0.05, 0) is 12.1 Å². The van der Waals surface area contributed by atoms with Crippen LogP contribution in [0.3, 0.4) is 0 Å². The van der Waals surface area contributed by atoms with E-state index in [0.717, 1.165) is 12.3 Å². The minimum absolute atomic E-state index is 0.750. The molecule has 0 saturated heterocycles. The second kappa shape index (κ2) is 3.39. The molecule has 1 N–H and O–H groups in total. The van der Waals surface area contributed by atoms with Gasteiger partial charge in [-0.1, -0.05) is 0 Å². The Morgan fingerprint density at radius 2 is 2.40 bits per heavy atom. The van der Waals surface area contributed by atoms with Crippen molar-refractivity contribution in [2.75, 3.05) is 14.1 Å². The van der Waals surface area contributed by atoms with Gasteiger partial charge in [0.2, 0.25) is 0 Å². The molecule has 0 bridgehead atoms. The minimum Gasteiger partial charge on any atom is -0.468 e. The molecule has 10 heavy (non-hydrogen) atoms. The van der Waals surface area contributed by atoms with E-state index in [1.807, 2.05) is 31.2 Å². The Balaban J connectivity index is 2.28. The van der Waals surface area contributed by atoms with E-state index in [1.165, 1.54) is 0 Å². The van der Waals surface area contributed by atoms with Gasteiger partial charge in [0.1, 0.15) is 5.76 Å². The van der Waals surface area contributed by atoms with E-state index < -0.39 is 0 Å². The van der Waals surface area contributed by atoms with Gasteiger partial charge < -0.3 is 4.42 Å². The molecule has 0 aliphatic heterocycles. The van der Waals surface area contributed by atoms with Crippen molar-refractivity contribution in [2.24, 2.45) is 0 Å². The number of hydrogen-bond acceptors (Lipinski definition) is 3. The van der Waals surface area contributed by atoms with Crippen LogP contribution in [0.4, 0.5) is 0 Å². The lowest BCUT2D eigenvalue weighted by Crippen LogP contribution is -2.29. The standard InChI is InChI=1S/C7H12N2O/c1-9(2)8-6-7-4-3-5-10-7/h3-5,8H,6H2,1-2H3. The molecule has 3 nitrogen and oxygen atoms in total. The van der Waals surface area contributed by atoms with Crippen molar-refractivity contribution in [3.63, 3.8) is 0 Å². The molecule has 0 aliphatic rings. The van der Waals surface area contributed by atoms with Crippen LogP contribution in [-0.4, -0.2) is 19.1 Å². The average molecular weight is 140 g/mol. The van der Waals surface area contributed by atoms with E-state index in [0.29, 0.717) is 0 Å². The van der Waals surface area contributed by atoms with Crippen molar-refractivity contribution in [3.8, 4) is 0 Å². The molecule has 56 valence electrons. The first-order valence-electron chi connectivity index (χ1n) is 3.22. The molecule has 0 aliphatic carbocycles. The van der Waals surface area contributed by atoms with Crippen LogP contribution in [-0.2, 0) is 6.54 Å². The first-order valence-corrected chi connectivity index (χ1v) is 3.22. The van der Waals surface area contributed by atoms with Crippen molar-refractivity contribution >= 4 is 0 Å². The van der Waals surface area contributed by atoms with Crippen molar-refractivity contribution < 1.29 is 4.42 Å². The van der Waals surface area contributed by atoms with Crippen molar-refractivity contribution in [3.05, 3.63) is 24.2 Å². The summed E-state index contributed by atoms with van der Waals surface area (Å²) in [5.74, 6) is 0.953. The van der Waals surface area contributed by atoms with E-state index in [2.05, 4.69) is 5.43 Å². The van der Waals surface area contributed by atoms with Gasteiger partial charge in [0.15, 0.2) is 0 Å². The highest BCUT2D eigenvalue weighted by Crippen LogP contribution is 1.97. The van der Waals surface area contributed by atoms with Gasteiger partial charge in [-0.2, -0.15) is 0 Å². The maximum atomic E-state index is 5.09. The second-order valence-corrected chi connectivity index (χ2v) is 2.31. The molecule has 1 heterocycles. The molecule has 0 aromatic carbocycles. The molecule has 1 aromatic rings. The summed E-state index contributed by atoms with van der Waals surface area (Å²) in [6, 6.07) is 3.82. The van der Waals surface area contributed by atoms with Crippen LogP contribution < -0.4 is 5.43 Å². The average Bonchev–Trinajstić information content (AvgIpc) is 2.34. The first-order chi connectivity index (χ1) is 4.79. The molecule has 0 spiro atoms. The van der Waals surface area contributed by atoms with Gasteiger partial charge in [-0.15, -0.1) is 0 Å². The maximum absolute atomic E-state index is 5.09. The summed E-state index contributed by atoms with van der Waals surface area (Å²) in [7, 11) is 3.89. The fourth-order valence-electron chi connectivity index (χ4n) is 0.649. The van der Waals surface area contributed by atoms with E-state index in [-0.39, 0.29) is 0 Å². The third-order valence-electron chi connectivity index (χ3n) is 1.15. The Hall–Kier alpha value is -0.800. The van der Waals surface area contributed by atoms with E-state index in [9.17, 15) is 0 Å². The number of hydrazine groups is 1. The molecule has 0 radical (unpaired) electrons. The van der Waals surface area contributed by atoms with Gasteiger partial charge in [0.25, 0.3) is 0 Å². The Bertz CT molecular complexity index is 170. The van der Waals surface area contributed by atoms with E-state index >= 15 is 0 Å². The first kappa shape index (κ1) is 7.31. The number of rotatable bonds is 3. The van der Waals surface area contributed by atoms with E-state index in [1.54, 1.807) is 6.26 Å². The van der Waals surface area contributed by atoms with Crippen molar-refractivity contribution in [1.82, 2.24) is 10.4 Å². The lowest BCUT2D eigenvalue weighted by atomic mass is 10.5. The Morgan fingerprint density at radius 3 is 2.90 bits per heavy atom. The van der Waals surface area contributed by atoms with E-state index in [4.69, 9.17) is 4.42 Å². The van der Waals surface area contributed by atoms with Crippen LogP contribution in [0.25, 0.3) is 0 Å². The van der Waals surface area contributed by atoms with Crippen LogP contribution in [0.5, 0.6) is 0 Å². The third-order valence-corrected chi connectivity index (χ3v) is 1.15. The molecule has 1 rings (SSSR count). The lowest BCUT2D eigenvalue weighted by Gasteiger charge is -2.09. The minimum atomic E-state index is 0.750. The summed E-state index contributed by atoms with van der Waals surface area (Å²) < 4.78 is 5.09. The second-order valence-electron chi connectivity index (χ2n) is 2.31. The van der Waals surface area contributed by atoms with Crippen molar-refractivity contribution in [1.29, 1.82) is 0 Å². The maximum Gasteiger partial charge on any atom is 0.118 e. The largest absolute Gasteiger partial charge is 0.468 e. The molecule has 0 atom stereocenters. The zero-order valence-corrected chi connectivity index (χ0v) is 6.29. The monoisotopic (exact) mass is 140 g/mol. The van der Waals surface area contributed by atoms with Gasteiger partial charge in [-0.25, -0.2) is 5.43 Å². The highest BCUT2D eigenvalue weighted by atomic mass is 16.3. The number of furan rings is 1. The Kier molecular flexibility index (Phi) is 2.48. The van der Waals surface area contributed by atoms with Crippen LogP contribution in [0.1, 0.15) is 5.76 Å². The van der Waals surface area contributed by atoms with Crippen LogP contribution >= 0.6 is 0 Å². The predicted octanol–water partition coefficient (Wildman–Crippen LogP) is 0.846. The molecule has 0 fully saturated rings. The Labute approximate surface area is 60.6 Å². The fourth-order valence-corrected chi connectivity index (χ4v) is 0.649. The smallest absolute Gasteiger partial charge is 0.118 e. The number of nitrogens with one attached hydrogen (secondary N) is 1. The molecule has 0 amide bonds. The van der Waals surface area contributed by atoms with Gasteiger partial charge in [0.05, 0.1) is 12.8 Å². The molecule has 3 heteroatoms.